The van der Waals surface area contributed by atoms with E-state index < -0.39 is 28.2 Å². The SMILES string of the molecule is CC(c1cnc2c(c1NC(=O)NS(=N)(=O)c1cnc(C(C)(O)CO)s1)CCC2)C1CC1. The van der Waals surface area contributed by atoms with Crippen LogP contribution in [0.4, 0.5) is 10.5 Å². The number of anilines is 1. The highest BCUT2D eigenvalue weighted by Gasteiger charge is 2.33. The lowest BCUT2D eigenvalue weighted by molar-refractivity contribution is -0.00244. The van der Waals surface area contributed by atoms with Crippen LogP contribution < -0.4 is 10.0 Å². The van der Waals surface area contributed by atoms with E-state index in [9.17, 15) is 19.2 Å². The van der Waals surface area contributed by atoms with E-state index in [1.165, 1.54) is 13.1 Å². The molecule has 2 aliphatic rings. The molecule has 3 unspecified atom stereocenters. The van der Waals surface area contributed by atoms with Crippen LogP contribution in [0.15, 0.2) is 16.6 Å². The van der Waals surface area contributed by atoms with Gasteiger partial charge >= 0.3 is 6.03 Å². The van der Waals surface area contributed by atoms with E-state index in [1.54, 1.807) is 0 Å². The van der Waals surface area contributed by atoms with Gasteiger partial charge in [-0.3, -0.25) is 4.98 Å². The predicted octanol–water partition coefficient (Wildman–Crippen LogP) is 2.88. The number of thiazole rings is 1. The smallest absolute Gasteiger partial charge is 0.331 e. The molecule has 9 nitrogen and oxygen atoms in total. The van der Waals surface area contributed by atoms with E-state index >= 15 is 0 Å². The number of aromatic nitrogens is 2. The van der Waals surface area contributed by atoms with Gasteiger partial charge in [0, 0.05) is 11.9 Å². The molecule has 0 bridgehead atoms. The summed E-state index contributed by atoms with van der Waals surface area (Å²) >= 11 is 0.823. The second kappa shape index (κ2) is 8.12. The molecule has 1 saturated carbocycles. The third-order valence-electron chi connectivity index (χ3n) is 5.97. The Balaban J connectivity index is 1.56. The van der Waals surface area contributed by atoms with Crippen LogP contribution in [0.2, 0.25) is 0 Å². The highest BCUT2D eigenvalue weighted by Crippen LogP contribution is 2.45. The number of hydrogen-bond acceptors (Lipinski definition) is 8. The second-order valence-electron chi connectivity index (χ2n) is 8.52. The topological polar surface area (TPSA) is 148 Å². The van der Waals surface area contributed by atoms with Crippen LogP contribution in [0.3, 0.4) is 0 Å². The monoisotopic (exact) mass is 465 g/mol. The summed E-state index contributed by atoms with van der Waals surface area (Å²) in [6, 6.07) is -0.728. The van der Waals surface area contributed by atoms with Crippen molar-refractivity contribution in [1.82, 2.24) is 14.7 Å². The summed E-state index contributed by atoms with van der Waals surface area (Å²) in [5.41, 5.74) is 2.10. The maximum absolute atomic E-state index is 12.9. The van der Waals surface area contributed by atoms with Crippen LogP contribution >= 0.6 is 11.3 Å². The minimum atomic E-state index is -3.69. The summed E-state index contributed by atoms with van der Waals surface area (Å²) < 4.78 is 23.3. The molecular formula is C20H27N5O4S2. The average molecular weight is 466 g/mol. The van der Waals surface area contributed by atoms with Gasteiger partial charge in [0.1, 0.15) is 14.8 Å². The van der Waals surface area contributed by atoms with Crippen LogP contribution in [0, 0.1) is 10.7 Å². The standard InChI is InChI=1S/C20H27N5O4S2/c1-11(12-6-7-12)14-8-22-15-5-3-4-13(15)17(14)24-19(27)25-31(21,29)16-9-23-18(30-16)20(2,28)10-26/h8-9,11-12,26,28H,3-7,10H2,1-2H3,(H3,21,22,24,25,27,29). The zero-order valence-corrected chi connectivity index (χ0v) is 19.1. The number of nitrogens with zero attached hydrogens (tertiary/aromatic N) is 2. The Morgan fingerprint density at radius 2 is 2.13 bits per heavy atom. The fraction of sp³-hybridized carbons (Fsp3) is 0.550. The Morgan fingerprint density at radius 3 is 2.81 bits per heavy atom. The first-order valence-corrected chi connectivity index (χ1v) is 12.7. The average Bonchev–Trinajstić information content (AvgIpc) is 3.23. The summed E-state index contributed by atoms with van der Waals surface area (Å²) in [4.78, 5) is 21.3. The first kappa shape index (κ1) is 22.1. The number of fused-ring (bicyclic) bond motifs is 1. The minimum absolute atomic E-state index is 0.00194. The fourth-order valence-electron chi connectivity index (χ4n) is 3.90. The van der Waals surface area contributed by atoms with Gasteiger partial charge in [0.05, 0.1) is 18.5 Å². The largest absolute Gasteiger partial charge is 0.393 e. The number of pyridine rings is 1. The molecule has 2 aromatic heterocycles. The van der Waals surface area contributed by atoms with E-state index in [0.29, 0.717) is 5.92 Å². The summed E-state index contributed by atoms with van der Waals surface area (Å²) in [5, 5.41) is 22.4. The van der Waals surface area contributed by atoms with Gasteiger partial charge in [-0.1, -0.05) is 6.92 Å². The van der Waals surface area contributed by atoms with Gasteiger partial charge in [0.2, 0.25) is 0 Å². The molecule has 168 valence electrons. The molecule has 2 aromatic rings. The van der Waals surface area contributed by atoms with Crippen molar-refractivity contribution in [3.05, 3.63) is 34.2 Å². The van der Waals surface area contributed by atoms with E-state index in [2.05, 4.69) is 26.9 Å². The molecule has 0 aliphatic heterocycles. The number of hydrogen-bond donors (Lipinski definition) is 5. The van der Waals surface area contributed by atoms with Crippen molar-refractivity contribution < 1.29 is 19.2 Å². The molecule has 11 heteroatoms. The second-order valence-corrected chi connectivity index (χ2v) is 11.6. The Hall–Kier alpha value is -2.08. The van der Waals surface area contributed by atoms with Gasteiger partial charge in [-0.15, -0.1) is 11.3 Å². The van der Waals surface area contributed by atoms with Crippen molar-refractivity contribution in [3.8, 4) is 0 Å². The number of carbonyl (C=O) groups excluding carboxylic acids is 1. The Labute approximate surface area is 185 Å². The normalized spacial score (nSPS) is 20.4. The number of aryl methyl sites for hydroxylation is 1. The van der Waals surface area contributed by atoms with Gasteiger partial charge in [0.15, 0.2) is 9.92 Å². The molecule has 0 aromatic carbocycles. The van der Waals surface area contributed by atoms with Crippen molar-refractivity contribution >= 4 is 33.0 Å². The molecule has 5 N–H and O–H groups in total. The highest BCUT2D eigenvalue weighted by atomic mass is 32.2. The molecule has 31 heavy (non-hydrogen) atoms. The summed E-state index contributed by atoms with van der Waals surface area (Å²) in [5.74, 6) is 0.846. The van der Waals surface area contributed by atoms with Crippen LogP contribution in [0.5, 0.6) is 0 Å². The predicted molar refractivity (Wildman–Crippen MR) is 117 cm³/mol. The number of rotatable bonds is 7. The molecule has 2 heterocycles. The van der Waals surface area contributed by atoms with Gasteiger partial charge in [0.25, 0.3) is 0 Å². The number of amides is 2. The van der Waals surface area contributed by atoms with Gasteiger partial charge < -0.3 is 15.5 Å². The Kier molecular flexibility index (Phi) is 5.80. The van der Waals surface area contributed by atoms with Crippen LogP contribution in [0.1, 0.15) is 60.9 Å². The summed E-state index contributed by atoms with van der Waals surface area (Å²) in [6.07, 6.45) is 8.02. The zero-order chi connectivity index (χ0) is 22.4. The van der Waals surface area contributed by atoms with Gasteiger partial charge in [-0.25, -0.2) is 23.5 Å². The number of aliphatic hydroxyl groups is 2. The zero-order valence-electron chi connectivity index (χ0n) is 17.5. The van der Waals surface area contributed by atoms with E-state index in [4.69, 9.17) is 4.78 Å². The number of nitrogens with one attached hydrogen (secondary N) is 3. The summed E-state index contributed by atoms with van der Waals surface area (Å²) in [6.45, 7) is 2.94. The van der Waals surface area contributed by atoms with Crippen LogP contribution in [-0.4, -0.2) is 37.0 Å². The molecular weight excluding hydrogens is 438 g/mol. The minimum Gasteiger partial charge on any atom is -0.393 e. The maximum atomic E-state index is 12.9. The first-order chi connectivity index (χ1) is 14.6. The van der Waals surface area contributed by atoms with Crippen LogP contribution in [0.25, 0.3) is 0 Å². The molecule has 0 radical (unpaired) electrons. The summed E-state index contributed by atoms with van der Waals surface area (Å²) in [7, 11) is -3.69. The molecule has 3 atom stereocenters. The third kappa shape index (κ3) is 4.45. The van der Waals surface area contributed by atoms with Crippen molar-refractivity contribution in [2.45, 2.75) is 61.7 Å². The molecule has 0 saturated heterocycles. The van der Waals surface area contributed by atoms with Crippen LogP contribution in [-0.2, 0) is 28.4 Å². The first-order valence-electron chi connectivity index (χ1n) is 10.3. The number of carbonyl (C=O) groups is 1. The van der Waals surface area contributed by atoms with E-state index in [1.807, 2.05) is 6.20 Å². The highest BCUT2D eigenvalue weighted by molar-refractivity contribution is 7.93. The van der Waals surface area contributed by atoms with Crippen molar-refractivity contribution in [2.24, 2.45) is 5.92 Å². The molecule has 0 spiro atoms. The number of aliphatic hydroxyl groups excluding tert-OH is 1. The van der Waals surface area contributed by atoms with Gasteiger partial charge in [-0.2, -0.15) is 0 Å². The molecule has 2 amide bonds. The lowest BCUT2D eigenvalue weighted by atomic mass is 9.94. The number of urea groups is 1. The molecule has 2 aliphatic carbocycles. The third-order valence-corrected chi connectivity index (χ3v) is 9.11. The van der Waals surface area contributed by atoms with Gasteiger partial charge in [-0.05, 0) is 62.0 Å². The van der Waals surface area contributed by atoms with Crippen molar-refractivity contribution in [1.29, 1.82) is 4.78 Å². The van der Waals surface area contributed by atoms with E-state index in [-0.39, 0.29) is 15.1 Å². The Morgan fingerprint density at radius 1 is 1.39 bits per heavy atom. The quantitative estimate of drug-likeness (QED) is 0.425. The van der Waals surface area contributed by atoms with Crippen molar-refractivity contribution in [3.63, 3.8) is 0 Å². The van der Waals surface area contributed by atoms with E-state index in [0.717, 1.165) is 65.9 Å². The lowest BCUT2D eigenvalue weighted by Gasteiger charge is -2.20. The molecule has 1 fully saturated rings. The molecule has 4 rings (SSSR count). The fourth-order valence-corrected chi connectivity index (χ4v) is 6.03. The van der Waals surface area contributed by atoms with Crippen molar-refractivity contribution in [2.75, 3.05) is 11.9 Å². The maximum Gasteiger partial charge on any atom is 0.331 e. The lowest BCUT2D eigenvalue weighted by Crippen LogP contribution is -2.34. The Bertz CT molecular complexity index is 1110.